The van der Waals surface area contributed by atoms with Gasteiger partial charge in [0.2, 0.25) is 0 Å². The first kappa shape index (κ1) is 14.7. The van der Waals surface area contributed by atoms with Crippen molar-refractivity contribution in [2.24, 2.45) is 17.8 Å². The summed E-state index contributed by atoms with van der Waals surface area (Å²) in [5.41, 5.74) is 1.11. The Kier molecular flexibility index (Phi) is 3.35. The number of ether oxygens (including phenoxy) is 1. The summed E-state index contributed by atoms with van der Waals surface area (Å²) in [4.78, 5) is 16.8. The van der Waals surface area contributed by atoms with Gasteiger partial charge in [-0.2, -0.15) is 0 Å². The number of hydrogen-bond donors (Lipinski definition) is 1. The van der Waals surface area contributed by atoms with Gasteiger partial charge in [-0.15, -0.1) is 0 Å². The van der Waals surface area contributed by atoms with Crippen molar-refractivity contribution in [1.29, 1.82) is 0 Å². The van der Waals surface area contributed by atoms with Crippen LogP contribution in [0.4, 0.5) is 4.79 Å². The minimum absolute atomic E-state index is 0.127. The predicted octanol–water partition coefficient (Wildman–Crippen LogP) is 1.20. The largest absolute Gasteiger partial charge is 0.447 e. The lowest BCUT2D eigenvalue weighted by Gasteiger charge is -2.45. The molecule has 1 amide bonds. The van der Waals surface area contributed by atoms with Crippen molar-refractivity contribution in [3.8, 4) is 0 Å². The van der Waals surface area contributed by atoms with Crippen LogP contribution in [0.25, 0.3) is 0 Å². The van der Waals surface area contributed by atoms with Gasteiger partial charge in [0.15, 0.2) is 0 Å². The van der Waals surface area contributed by atoms with Crippen molar-refractivity contribution in [2.45, 2.75) is 12.0 Å². The molecule has 3 heterocycles. The fraction of sp³-hybridized carbons (Fsp3) is 0.632. The molecule has 0 spiro atoms. The highest BCUT2D eigenvalue weighted by Gasteiger charge is 2.55. The van der Waals surface area contributed by atoms with Crippen molar-refractivity contribution >= 4 is 6.09 Å². The topological polar surface area (TPSA) is 44.8 Å². The molecule has 5 nitrogen and oxygen atoms in total. The third kappa shape index (κ3) is 2.33. The second-order valence-electron chi connectivity index (χ2n) is 7.98. The van der Waals surface area contributed by atoms with Crippen LogP contribution in [0.5, 0.6) is 0 Å². The fourth-order valence-corrected chi connectivity index (χ4v) is 5.19. The highest BCUT2D eigenvalue weighted by molar-refractivity contribution is 5.71. The molecule has 5 heteroatoms. The van der Waals surface area contributed by atoms with Gasteiger partial charge in [-0.3, -0.25) is 9.80 Å². The molecular formula is C19H25N3O2. The van der Waals surface area contributed by atoms with E-state index in [0.717, 1.165) is 43.8 Å². The minimum atomic E-state index is -0.182. The second kappa shape index (κ2) is 5.46. The number of nitrogens with zero attached hydrogens (tertiary/aromatic N) is 2. The van der Waals surface area contributed by atoms with Gasteiger partial charge in [0.1, 0.15) is 6.61 Å². The number of fused-ring (bicyclic) bond motifs is 2. The van der Waals surface area contributed by atoms with Crippen LogP contribution in [0.2, 0.25) is 0 Å². The number of piperidine rings is 1. The van der Waals surface area contributed by atoms with Crippen LogP contribution in [-0.4, -0.2) is 67.3 Å². The van der Waals surface area contributed by atoms with Crippen molar-refractivity contribution < 1.29 is 9.53 Å². The maximum atomic E-state index is 12.2. The molecule has 0 aromatic heterocycles. The van der Waals surface area contributed by atoms with Crippen molar-refractivity contribution in [3.05, 3.63) is 35.9 Å². The van der Waals surface area contributed by atoms with Gasteiger partial charge in [0.25, 0.3) is 0 Å². The lowest BCUT2D eigenvalue weighted by molar-refractivity contribution is 0.0476. The molecule has 1 N–H and O–H groups in total. The van der Waals surface area contributed by atoms with Gasteiger partial charge < -0.3 is 10.1 Å². The summed E-state index contributed by atoms with van der Waals surface area (Å²) in [5, 5.41) is 3.48. The molecule has 0 radical (unpaired) electrons. The SMILES string of the molecule is O=C1OCC2(Cc3ccccc3)CN(CC3[C@H]4CNC[C@@H]34)CCN12. The third-order valence-electron chi connectivity index (χ3n) is 6.53. The zero-order valence-corrected chi connectivity index (χ0v) is 14.0. The lowest BCUT2D eigenvalue weighted by Crippen LogP contribution is -2.62. The minimum Gasteiger partial charge on any atom is -0.447 e. The summed E-state index contributed by atoms with van der Waals surface area (Å²) in [7, 11) is 0. The van der Waals surface area contributed by atoms with E-state index in [1.54, 1.807) is 0 Å². The zero-order valence-electron chi connectivity index (χ0n) is 14.0. The number of benzene rings is 1. The number of piperazine rings is 1. The van der Waals surface area contributed by atoms with Crippen LogP contribution < -0.4 is 5.32 Å². The summed E-state index contributed by atoms with van der Waals surface area (Å²) >= 11 is 0. The average molecular weight is 327 g/mol. The lowest BCUT2D eigenvalue weighted by atomic mass is 9.88. The number of nitrogens with one attached hydrogen (secondary N) is 1. The first-order chi connectivity index (χ1) is 11.8. The molecule has 2 unspecified atom stereocenters. The fourth-order valence-electron chi connectivity index (χ4n) is 5.19. The Bertz CT molecular complexity index is 627. The Hall–Kier alpha value is -1.59. The monoisotopic (exact) mass is 327 g/mol. The molecule has 1 saturated carbocycles. The van der Waals surface area contributed by atoms with Crippen molar-refractivity contribution in [3.63, 3.8) is 0 Å². The smallest absolute Gasteiger partial charge is 0.410 e. The van der Waals surface area contributed by atoms with E-state index in [1.807, 2.05) is 11.0 Å². The maximum Gasteiger partial charge on any atom is 0.410 e. The van der Waals surface area contributed by atoms with Crippen LogP contribution in [0.3, 0.4) is 0 Å². The van der Waals surface area contributed by atoms with Crippen molar-refractivity contribution in [2.75, 3.05) is 45.9 Å². The molecule has 24 heavy (non-hydrogen) atoms. The summed E-state index contributed by atoms with van der Waals surface area (Å²) in [6.07, 6.45) is 0.757. The molecule has 128 valence electrons. The van der Waals surface area contributed by atoms with Gasteiger partial charge in [-0.05, 0) is 36.4 Å². The van der Waals surface area contributed by atoms with E-state index >= 15 is 0 Å². The Labute approximate surface area is 142 Å². The molecule has 1 aliphatic carbocycles. The number of cyclic esters (lactones) is 1. The second-order valence-corrected chi connectivity index (χ2v) is 7.98. The van der Waals surface area contributed by atoms with E-state index < -0.39 is 0 Å². The van der Waals surface area contributed by atoms with Gasteiger partial charge >= 0.3 is 6.09 Å². The molecule has 1 aromatic rings. The summed E-state index contributed by atoms with van der Waals surface area (Å²) in [6, 6.07) is 10.5. The number of hydrogen-bond acceptors (Lipinski definition) is 4. The van der Waals surface area contributed by atoms with Gasteiger partial charge in [-0.25, -0.2) is 4.79 Å². The van der Waals surface area contributed by atoms with E-state index in [1.165, 1.54) is 25.2 Å². The van der Waals surface area contributed by atoms with Crippen LogP contribution >= 0.6 is 0 Å². The third-order valence-corrected chi connectivity index (χ3v) is 6.53. The Balaban J connectivity index is 1.32. The van der Waals surface area contributed by atoms with Crippen LogP contribution in [0.15, 0.2) is 30.3 Å². The average Bonchev–Trinajstić information content (AvgIpc) is 2.95. The van der Waals surface area contributed by atoms with Crippen LogP contribution in [0, 0.1) is 17.8 Å². The van der Waals surface area contributed by atoms with Gasteiger partial charge in [0.05, 0.1) is 5.54 Å². The molecular weight excluding hydrogens is 302 g/mol. The standard InChI is InChI=1S/C19H25N3O2/c23-18-22-7-6-21(11-17-15-9-20-10-16(15)17)12-19(22,13-24-18)8-14-4-2-1-3-5-14/h1-5,15-17,20H,6-13H2/t15-,16+,17?,19?. The first-order valence-corrected chi connectivity index (χ1v) is 9.17. The quantitative estimate of drug-likeness (QED) is 0.903. The molecule has 5 rings (SSSR count). The predicted molar refractivity (Wildman–Crippen MR) is 90.7 cm³/mol. The van der Waals surface area contributed by atoms with E-state index in [-0.39, 0.29) is 11.6 Å². The van der Waals surface area contributed by atoms with E-state index in [0.29, 0.717) is 6.61 Å². The highest BCUT2D eigenvalue weighted by atomic mass is 16.6. The van der Waals surface area contributed by atoms with Gasteiger partial charge in [0, 0.05) is 32.6 Å². The Morgan fingerprint density at radius 3 is 2.75 bits per heavy atom. The van der Waals surface area contributed by atoms with Crippen LogP contribution in [0.1, 0.15) is 5.56 Å². The van der Waals surface area contributed by atoms with E-state index in [9.17, 15) is 4.79 Å². The molecule has 3 saturated heterocycles. The van der Waals surface area contributed by atoms with Crippen molar-refractivity contribution in [1.82, 2.24) is 15.1 Å². The van der Waals surface area contributed by atoms with E-state index in [4.69, 9.17) is 4.74 Å². The molecule has 4 fully saturated rings. The molecule has 3 aliphatic heterocycles. The summed E-state index contributed by atoms with van der Waals surface area (Å²) in [5.74, 6) is 2.66. The Morgan fingerprint density at radius 2 is 1.96 bits per heavy atom. The molecule has 4 atom stereocenters. The van der Waals surface area contributed by atoms with E-state index in [2.05, 4.69) is 34.5 Å². The first-order valence-electron chi connectivity index (χ1n) is 9.17. The molecule has 0 bridgehead atoms. The zero-order chi connectivity index (χ0) is 16.1. The number of carbonyl (C=O) groups is 1. The number of rotatable bonds is 4. The Morgan fingerprint density at radius 1 is 1.17 bits per heavy atom. The normalized spacial score (nSPS) is 37.9. The summed E-state index contributed by atoms with van der Waals surface area (Å²) < 4.78 is 5.47. The molecule has 4 aliphatic rings. The maximum absolute atomic E-state index is 12.2. The van der Waals surface area contributed by atoms with Crippen LogP contribution in [-0.2, 0) is 11.2 Å². The molecule has 1 aromatic carbocycles. The number of carbonyl (C=O) groups excluding carboxylic acids is 1. The highest BCUT2D eigenvalue weighted by Crippen LogP contribution is 2.49. The number of amides is 1. The summed E-state index contributed by atoms with van der Waals surface area (Å²) in [6.45, 7) is 6.84. The van der Waals surface area contributed by atoms with Gasteiger partial charge in [-0.1, -0.05) is 30.3 Å².